The molecule has 3 N–H and O–H groups in total. The van der Waals surface area contributed by atoms with Gasteiger partial charge in [0, 0.05) is 11.8 Å². The van der Waals surface area contributed by atoms with Crippen LogP contribution in [-0.4, -0.2) is 18.4 Å². The first-order valence-electron chi connectivity index (χ1n) is 8.10. The monoisotopic (exact) mass is 346 g/mol. The molecule has 3 aromatic rings. The summed E-state index contributed by atoms with van der Waals surface area (Å²) in [6.07, 6.45) is 3.29. The zero-order chi connectivity index (χ0) is 18.4. The van der Waals surface area contributed by atoms with Gasteiger partial charge in [0.2, 0.25) is 5.91 Å². The number of amides is 2. The minimum atomic E-state index is -0.541. The second-order valence-corrected chi connectivity index (χ2v) is 5.67. The fourth-order valence-electron chi connectivity index (χ4n) is 2.53. The van der Waals surface area contributed by atoms with Crippen molar-refractivity contribution in [3.05, 3.63) is 78.4 Å². The van der Waals surface area contributed by atoms with Crippen molar-refractivity contribution in [1.82, 2.24) is 0 Å². The number of fused-ring (bicyclic) bond motifs is 1. The van der Waals surface area contributed by atoms with E-state index in [4.69, 9.17) is 10.5 Å². The van der Waals surface area contributed by atoms with Crippen LogP contribution in [0.3, 0.4) is 0 Å². The number of benzene rings is 3. The molecule has 3 aromatic carbocycles. The van der Waals surface area contributed by atoms with Crippen LogP contribution in [0.15, 0.2) is 72.8 Å². The average Bonchev–Trinajstić information content (AvgIpc) is 2.65. The van der Waals surface area contributed by atoms with Gasteiger partial charge in [0.15, 0.2) is 6.61 Å². The summed E-state index contributed by atoms with van der Waals surface area (Å²) in [5.74, 6) is -0.266. The van der Waals surface area contributed by atoms with Crippen LogP contribution in [0.25, 0.3) is 16.8 Å². The molecule has 0 aliphatic carbocycles. The van der Waals surface area contributed by atoms with E-state index in [2.05, 4.69) is 5.32 Å². The fourth-order valence-corrected chi connectivity index (χ4v) is 2.53. The van der Waals surface area contributed by atoms with Gasteiger partial charge < -0.3 is 15.8 Å². The Labute approximate surface area is 151 Å². The van der Waals surface area contributed by atoms with Crippen molar-refractivity contribution in [3.63, 3.8) is 0 Å². The Bertz CT molecular complexity index is 957. The summed E-state index contributed by atoms with van der Waals surface area (Å²) < 4.78 is 5.17. The molecule has 2 amide bonds. The molecule has 0 aliphatic rings. The molecule has 0 saturated heterocycles. The Balaban J connectivity index is 1.65. The fraction of sp³-hybridized carbons (Fsp3) is 0.0476. The Kier molecular flexibility index (Phi) is 5.29. The van der Waals surface area contributed by atoms with Gasteiger partial charge in [-0.25, -0.2) is 0 Å². The molecule has 0 bridgehead atoms. The van der Waals surface area contributed by atoms with Gasteiger partial charge in [-0.1, -0.05) is 42.5 Å². The van der Waals surface area contributed by atoms with Crippen LogP contribution in [0.5, 0.6) is 5.75 Å². The second kappa shape index (κ2) is 7.98. The first-order chi connectivity index (χ1) is 12.6. The third-order valence-electron chi connectivity index (χ3n) is 3.74. The predicted octanol–water partition coefficient (Wildman–Crippen LogP) is 3.36. The molecule has 0 saturated carbocycles. The molecule has 0 aliphatic heterocycles. The summed E-state index contributed by atoms with van der Waals surface area (Å²) in [5, 5.41) is 5.00. The number of carbonyl (C=O) groups excluding carboxylic acids is 2. The zero-order valence-corrected chi connectivity index (χ0v) is 14.0. The van der Waals surface area contributed by atoms with Gasteiger partial charge in [0.25, 0.3) is 5.91 Å². The van der Waals surface area contributed by atoms with Crippen LogP contribution in [0, 0.1) is 0 Å². The van der Waals surface area contributed by atoms with Crippen molar-refractivity contribution >= 4 is 34.4 Å². The van der Waals surface area contributed by atoms with Crippen molar-refractivity contribution in [3.8, 4) is 5.75 Å². The normalized spacial score (nSPS) is 10.8. The second-order valence-electron chi connectivity index (χ2n) is 5.67. The quantitative estimate of drug-likeness (QED) is 0.672. The molecule has 0 fully saturated rings. The lowest BCUT2D eigenvalue weighted by atomic mass is 10.0. The molecule has 0 radical (unpaired) electrons. The molecular formula is C21H18N2O3. The molecule has 5 nitrogen and oxygen atoms in total. The van der Waals surface area contributed by atoms with E-state index in [0.717, 1.165) is 16.3 Å². The third-order valence-corrected chi connectivity index (χ3v) is 3.74. The molecular weight excluding hydrogens is 328 g/mol. The van der Waals surface area contributed by atoms with E-state index in [1.807, 2.05) is 42.5 Å². The standard InChI is InChI=1S/C21H18N2O3/c22-20(24)14-26-18-11-9-17(10-12-18)23-21(25)13-8-16-6-3-5-15-4-1-2-7-19(15)16/h1-13H,14H2,(H2,22,24)(H,23,25)/b13-8+. The largest absolute Gasteiger partial charge is 0.484 e. The van der Waals surface area contributed by atoms with Gasteiger partial charge in [0.1, 0.15) is 5.75 Å². The van der Waals surface area contributed by atoms with E-state index in [1.165, 1.54) is 6.08 Å². The first-order valence-corrected chi connectivity index (χ1v) is 8.10. The highest BCUT2D eigenvalue weighted by atomic mass is 16.5. The minimum absolute atomic E-state index is 0.181. The van der Waals surface area contributed by atoms with Crippen LogP contribution in [0.4, 0.5) is 5.69 Å². The van der Waals surface area contributed by atoms with E-state index >= 15 is 0 Å². The zero-order valence-electron chi connectivity index (χ0n) is 14.0. The van der Waals surface area contributed by atoms with Gasteiger partial charge in [-0.05, 0) is 46.7 Å². The highest BCUT2D eigenvalue weighted by Crippen LogP contribution is 2.20. The van der Waals surface area contributed by atoms with Gasteiger partial charge in [-0.15, -0.1) is 0 Å². The molecule has 0 aromatic heterocycles. The van der Waals surface area contributed by atoms with Crippen molar-refractivity contribution in [2.45, 2.75) is 0 Å². The van der Waals surface area contributed by atoms with Crippen LogP contribution in [0.2, 0.25) is 0 Å². The molecule has 26 heavy (non-hydrogen) atoms. The number of primary amides is 1. The van der Waals surface area contributed by atoms with Gasteiger partial charge in [-0.2, -0.15) is 0 Å². The minimum Gasteiger partial charge on any atom is -0.484 e. The van der Waals surface area contributed by atoms with E-state index in [0.29, 0.717) is 11.4 Å². The number of carbonyl (C=O) groups is 2. The average molecular weight is 346 g/mol. The molecule has 130 valence electrons. The topological polar surface area (TPSA) is 81.4 Å². The molecule has 5 heteroatoms. The lowest BCUT2D eigenvalue weighted by molar-refractivity contribution is -0.120. The van der Waals surface area contributed by atoms with E-state index in [9.17, 15) is 9.59 Å². The maximum Gasteiger partial charge on any atom is 0.255 e. The van der Waals surface area contributed by atoms with E-state index in [-0.39, 0.29) is 12.5 Å². The number of rotatable bonds is 6. The lowest BCUT2D eigenvalue weighted by Crippen LogP contribution is -2.20. The van der Waals surface area contributed by atoms with E-state index in [1.54, 1.807) is 30.3 Å². The number of nitrogens with two attached hydrogens (primary N) is 1. The smallest absolute Gasteiger partial charge is 0.255 e. The maximum absolute atomic E-state index is 12.1. The number of anilines is 1. The molecule has 0 heterocycles. The number of hydrogen-bond donors (Lipinski definition) is 2. The Morgan fingerprint density at radius 3 is 2.46 bits per heavy atom. The Morgan fingerprint density at radius 1 is 0.962 bits per heavy atom. The maximum atomic E-state index is 12.1. The highest BCUT2D eigenvalue weighted by Gasteiger charge is 2.02. The lowest BCUT2D eigenvalue weighted by Gasteiger charge is -2.06. The Hall–Kier alpha value is -3.60. The SMILES string of the molecule is NC(=O)COc1ccc(NC(=O)/C=C/c2cccc3ccccc23)cc1. The molecule has 0 atom stereocenters. The number of nitrogens with one attached hydrogen (secondary N) is 1. The summed E-state index contributed by atoms with van der Waals surface area (Å²) in [4.78, 5) is 22.8. The number of ether oxygens (including phenoxy) is 1. The first kappa shape index (κ1) is 17.2. The summed E-state index contributed by atoms with van der Waals surface area (Å²) in [6, 6.07) is 20.7. The summed E-state index contributed by atoms with van der Waals surface area (Å²) in [6.45, 7) is -0.181. The van der Waals surface area contributed by atoms with Gasteiger partial charge in [0.05, 0.1) is 0 Å². The predicted molar refractivity (Wildman–Crippen MR) is 103 cm³/mol. The summed E-state index contributed by atoms with van der Waals surface area (Å²) in [5.41, 5.74) is 6.63. The van der Waals surface area contributed by atoms with Crippen LogP contribution >= 0.6 is 0 Å². The van der Waals surface area contributed by atoms with Gasteiger partial charge >= 0.3 is 0 Å². The summed E-state index contributed by atoms with van der Waals surface area (Å²) >= 11 is 0. The van der Waals surface area contributed by atoms with Crippen LogP contribution in [-0.2, 0) is 9.59 Å². The molecule has 0 spiro atoms. The Morgan fingerprint density at radius 2 is 1.69 bits per heavy atom. The van der Waals surface area contributed by atoms with Crippen molar-refractivity contribution in [1.29, 1.82) is 0 Å². The third kappa shape index (κ3) is 4.48. The number of hydrogen-bond acceptors (Lipinski definition) is 3. The van der Waals surface area contributed by atoms with Crippen molar-refractivity contribution in [2.24, 2.45) is 5.73 Å². The molecule has 3 rings (SSSR count). The highest BCUT2D eigenvalue weighted by molar-refractivity contribution is 6.03. The summed E-state index contributed by atoms with van der Waals surface area (Å²) in [7, 11) is 0. The van der Waals surface area contributed by atoms with Crippen LogP contribution in [0.1, 0.15) is 5.56 Å². The van der Waals surface area contributed by atoms with Crippen molar-refractivity contribution < 1.29 is 14.3 Å². The van der Waals surface area contributed by atoms with Gasteiger partial charge in [-0.3, -0.25) is 9.59 Å². The van der Waals surface area contributed by atoms with Crippen LogP contribution < -0.4 is 15.8 Å². The van der Waals surface area contributed by atoms with E-state index < -0.39 is 5.91 Å². The molecule has 0 unspecified atom stereocenters. The van der Waals surface area contributed by atoms with Crippen molar-refractivity contribution in [2.75, 3.05) is 11.9 Å².